The molecule has 2 fully saturated rings. The van der Waals surface area contributed by atoms with E-state index in [1.54, 1.807) is 0 Å². The van der Waals surface area contributed by atoms with Gasteiger partial charge in [-0.1, -0.05) is 13.3 Å². The molecule has 152 valence electrons. The molecule has 9 heteroatoms. The number of likely N-dealkylation sites (tertiary alicyclic amines) is 1. The van der Waals surface area contributed by atoms with Crippen LogP contribution in [-0.4, -0.2) is 70.5 Å². The number of hydrogen-bond acceptors (Lipinski definition) is 3. The van der Waals surface area contributed by atoms with Crippen LogP contribution in [0.2, 0.25) is 0 Å². The molecule has 1 saturated heterocycles. The van der Waals surface area contributed by atoms with Gasteiger partial charge in [-0.15, -0.1) is 0 Å². The Morgan fingerprint density at radius 1 is 1.19 bits per heavy atom. The number of guanidine groups is 1. The number of alkyl halides is 3. The summed E-state index contributed by atoms with van der Waals surface area (Å²) in [6.07, 6.45) is 0.424. The summed E-state index contributed by atoms with van der Waals surface area (Å²) in [6, 6.07) is 0.189. The largest absolute Gasteiger partial charge is 0.401 e. The van der Waals surface area contributed by atoms with E-state index in [-0.39, 0.29) is 17.3 Å². The number of nitrogens with zero attached hydrogens (tertiary/aromatic N) is 2. The second-order valence-corrected chi connectivity index (χ2v) is 9.11. The van der Waals surface area contributed by atoms with Crippen LogP contribution < -0.4 is 10.6 Å². The first-order valence-corrected chi connectivity index (χ1v) is 10.9. The Morgan fingerprint density at radius 3 is 2.58 bits per heavy atom. The summed E-state index contributed by atoms with van der Waals surface area (Å²) >= 11 is 0. The van der Waals surface area contributed by atoms with Crippen molar-refractivity contribution in [3.05, 3.63) is 0 Å². The Labute approximate surface area is 156 Å². The van der Waals surface area contributed by atoms with Crippen molar-refractivity contribution in [3.8, 4) is 0 Å². The maximum Gasteiger partial charge on any atom is 0.401 e. The minimum atomic E-state index is -4.15. The normalized spacial score (nSPS) is 29.6. The Hall–Kier alpha value is -0.830. The fourth-order valence-electron chi connectivity index (χ4n) is 3.78. The molecule has 1 saturated carbocycles. The average molecular weight is 397 g/mol. The Kier molecular flexibility index (Phi) is 8.19. The van der Waals surface area contributed by atoms with E-state index in [0.717, 1.165) is 25.7 Å². The molecule has 2 rings (SSSR count). The van der Waals surface area contributed by atoms with Gasteiger partial charge in [-0.25, -0.2) is 0 Å². The molecule has 0 aromatic heterocycles. The van der Waals surface area contributed by atoms with Gasteiger partial charge in [0.05, 0.1) is 6.54 Å². The van der Waals surface area contributed by atoms with Crippen LogP contribution in [0, 0.1) is 0 Å². The van der Waals surface area contributed by atoms with E-state index in [1.165, 1.54) is 4.90 Å². The zero-order valence-electron chi connectivity index (χ0n) is 15.6. The summed E-state index contributed by atoms with van der Waals surface area (Å²) in [7, 11) is -0.785. The van der Waals surface area contributed by atoms with Crippen molar-refractivity contribution in [1.82, 2.24) is 15.5 Å². The first kappa shape index (κ1) is 21.5. The highest BCUT2D eigenvalue weighted by atomic mass is 32.2. The smallest absolute Gasteiger partial charge is 0.354 e. The number of aliphatic imine (C=N–C) groups is 1. The van der Waals surface area contributed by atoms with E-state index >= 15 is 0 Å². The van der Waals surface area contributed by atoms with Gasteiger partial charge in [-0.05, 0) is 32.6 Å². The number of nitrogens with one attached hydrogen (secondary N) is 2. The Morgan fingerprint density at radius 2 is 1.92 bits per heavy atom. The van der Waals surface area contributed by atoms with E-state index in [4.69, 9.17) is 0 Å². The fourth-order valence-corrected chi connectivity index (χ4v) is 5.12. The molecule has 0 aromatic carbocycles. The zero-order chi connectivity index (χ0) is 19.2. The highest BCUT2D eigenvalue weighted by Crippen LogP contribution is 2.23. The molecule has 5 nitrogen and oxygen atoms in total. The van der Waals surface area contributed by atoms with E-state index in [1.807, 2.05) is 13.8 Å². The number of hydrogen-bond donors (Lipinski definition) is 2. The molecule has 26 heavy (non-hydrogen) atoms. The highest BCUT2D eigenvalue weighted by molar-refractivity contribution is 7.85. The lowest BCUT2D eigenvalue weighted by Gasteiger charge is -2.31. The van der Waals surface area contributed by atoms with Gasteiger partial charge < -0.3 is 10.6 Å². The Bertz CT molecular complexity index is 501. The first-order chi connectivity index (χ1) is 12.3. The monoisotopic (exact) mass is 396 g/mol. The number of halogens is 3. The van der Waals surface area contributed by atoms with E-state index < -0.39 is 23.5 Å². The lowest BCUT2D eigenvalue weighted by atomic mass is 9.95. The molecule has 2 N–H and O–H groups in total. The summed E-state index contributed by atoms with van der Waals surface area (Å²) in [5.74, 6) is 1.35. The topological polar surface area (TPSA) is 56.7 Å². The molecule has 1 aliphatic heterocycles. The minimum Gasteiger partial charge on any atom is -0.354 e. The molecular formula is C17H31F3N4OS. The second-order valence-electron chi connectivity index (χ2n) is 7.10. The quantitative estimate of drug-likeness (QED) is 0.534. The molecule has 2 aliphatic rings. The highest BCUT2D eigenvalue weighted by Gasteiger charge is 2.34. The maximum absolute atomic E-state index is 12.5. The zero-order valence-corrected chi connectivity index (χ0v) is 16.5. The molecule has 1 aliphatic carbocycles. The van der Waals surface area contributed by atoms with Gasteiger partial charge in [0.2, 0.25) is 0 Å². The van der Waals surface area contributed by atoms with Gasteiger partial charge in [-0.3, -0.25) is 14.1 Å². The van der Waals surface area contributed by atoms with Crippen molar-refractivity contribution in [2.75, 3.05) is 31.9 Å². The van der Waals surface area contributed by atoms with E-state index in [2.05, 4.69) is 15.6 Å². The summed E-state index contributed by atoms with van der Waals surface area (Å²) < 4.78 is 49.7. The molecule has 0 bridgehead atoms. The SMILES string of the molecule is CCN=C(NC1CCCC(S(=O)CC)C1)NC1CCN(CC(F)(F)F)C1. The van der Waals surface area contributed by atoms with Crippen molar-refractivity contribution in [1.29, 1.82) is 0 Å². The minimum absolute atomic E-state index is 0.0284. The summed E-state index contributed by atoms with van der Waals surface area (Å²) in [5.41, 5.74) is 0. The van der Waals surface area contributed by atoms with Crippen molar-refractivity contribution in [3.63, 3.8) is 0 Å². The van der Waals surface area contributed by atoms with Gasteiger partial charge in [0, 0.05) is 53.5 Å². The summed E-state index contributed by atoms with van der Waals surface area (Å²) in [4.78, 5) is 5.88. The van der Waals surface area contributed by atoms with Gasteiger partial charge in [0.25, 0.3) is 0 Å². The van der Waals surface area contributed by atoms with Gasteiger partial charge in [0.15, 0.2) is 5.96 Å². The summed E-state index contributed by atoms with van der Waals surface area (Å²) in [6.45, 7) is 4.45. The van der Waals surface area contributed by atoms with Crippen LogP contribution in [0.3, 0.4) is 0 Å². The molecular weight excluding hydrogens is 365 g/mol. The van der Waals surface area contributed by atoms with Crippen LogP contribution in [0.15, 0.2) is 4.99 Å². The van der Waals surface area contributed by atoms with Crippen molar-refractivity contribution in [2.24, 2.45) is 4.99 Å². The predicted molar refractivity (Wildman–Crippen MR) is 99.9 cm³/mol. The lowest BCUT2D eigenvalue weighted by Crippen LogP contribution is -2.50. The van der Waals surface area contributed by atoms with Crippen LogP contribution in [0.4, 0.5) is 13.2 Å². The van der Waals surface area contributed by atoms with Gasteiger partial charge in [-0.2, -0.15) is 13.2 Å². The lowest BCUT2D eigenvalue weighted by molar-refractivity contribution is -0.143. The van der Waals surface area contributed by atoms with E-state index in [0.29, 0.717) is 37.8 Å². The molecule has 4 atom stereocenters. The maximum atomic E-state index is 12.5. The van der Waals surface area contributed by atoms with Crippen LogP contribution in [0.25, 0.3) is 0 Å². The van der Waals surface area contributed by atoms with Crippen molar-refractivity contribution >= 4 is 16.8 Å². The van der Waals surface area contributed by atoms with Crippen LogP contribution in [0.1, 0.15) is 46.0 Å². The standard InChI is InChI=1S/C17H31F3N4OS/c1-3-21-16(22-13-6-5-7-15(10-13)26(25)4-2)23-14-8-9-24(11-14)12-17(18,19)20/h13-15H,3-12H2,1-2H3,(H2,21,22,23). The average Bonchev–Trinajstić information content (AvgIpc) is 2.99. The van der Waals surface area contributed by atoms with Crippen molar-refractivity contribution in [2.45, 2.75) is 69.5 Å². The van der Waals surface area contributed by atoms with Crippen LogP contribution >= 0.6 is 0 Å². The van der Waals surface area contributed by atoms with Gasteiger partial charge >= 0.3 is 6.18 Å². The fraction of sp³-hybridized carbons (Fsp3) is 0.941. The summed E-state index contributed by atoms with van der Waals surface area (Å²) in [5, 5.41) is 6.94. The first-order valence-electron chi connectivity index (χ1n) is 9.54. The van der Waals surface area contributed by atoms with E-state index in [9.17, 15) is 17.4 Å². The van der Waals surface area contributed by atoms with Crippen LogP contribution in [-0.2, 0) is 10.8 Å². The number of rotatable bonds is 6. The molecule has 0 amide bonds. The second kappa shape index (κ2) is 9.92. The Balaban J connectivity index is 1.85. The van der Waals surface area contributed by atoms with Gasteiger partial charge in [0.1, 0.15) is 0 Å². The third-order valence-corrected chi connectivity index (χ3v) is 6.70. The van der Waals surface area contributed by atoms with Crippen molar-refractivity contribution < 1.29 is 17.4 Å². The third kappa shape index (κ3) is 7.06. The molecule has 0 radical (unpaired) electrons. The molecule has 0 spiro atoms. The molecule has 4 unspecified atom stereocenters. The predicted octanol–water partition coefficient (Wildman–Crippen LogP) is 2.26. The molecule has 1 heterocycles. The molecule has 0 aromatic rings. The third-order valence-electron chi connectivity index (χ3n) is 4.96. The van der Waals surface area contributed by atoms with Crippen LogP contribution in [0.5, 0.6) is 0 Å².